The smallest absolute Gasteiger partial charge is 0.187 e. The van der Waals surface area contributed by atoms with Crippen LogP contribution in [0.2, 0.25) is 0 Å². The van der Waals surface area contributed by atoms with Crippen LogP contribution in [0.3, 0.4) is 0 Å². The summed E-state index contributed by atoms with van der Waals surface area (Å²) >= 11 is 0. The summed E-state index contributed by atoms with van der Waals surface area (Å²) in [7, 11) is 0. The Kier molecular flexibility index (Phi) is 8.38. The van der Waals surface area contributed by atoms with Crippen molar-refractivity contribution in [3.63, 3.8) is 0 Å². The van der Waals surface area contributed by atoms with E-state index in [1.165, 1.54) is 16.9 Å². The Morgan fingerprint density at radius 2 is 1.05 bits per heavy atom. The topological polar surface area (TPSA) is 45.2 Å². The average Bonchev–Trinajstić information content (AvgIpc) is 3.01. The van der Waals surface area contributed by atoms with E-state index in [1.807, 2.05) is 6.07 Å². The molecule has 3 fully saturated rings. The molecular formula is C34H37N3O3. The van der Waals surface area contributed by atoms with Gasteiger partial charge in [-0.3, -0.25) is 9.69 Å². The highest BCUT2D eigenvalue weighted by Crippen LogP contribution is 2.26. The number of carbonyl (C=O) groups excluding carboxylic acids is 1. The molecule has 6 heteroatoms. The minimum atomic E-state index is 0.138. The normalized spacial score (nSPS) is 20.9. The molecule has 0 saturated carbocycles. The Labute approximate surface area is 237 Å². The number of rotatable bonds is 6. The molecule has 3 saturated heterocycles. The van der Waals surface area contributed by atoms with E-state index in [2.05, 4.69) is 99.6 Å². The van der Waals surface area contributed by atoms with Gasteiger partial charge >= 0.3 is 0 Å². The molecule has 3 aliphatic rings. The van der Waals surface area contributed by atoms with Crippen LogP contribution in [0.25, 0.3) is 12.2 Å². The van der Waals surface area contributed by atoms with Crippen molar-refractivity contribution in [3.05, 3.63) is 107 Å². The van der Waals surface area contributed by atoms with Gasteiger partial charge in [-0.2, -0.15) is 0 Å². The molecule has 0 spiro atoms. The quantitative estimate of drug-likeness (QED) is 0.418. The lowest BCUT2D eigenvalue weighted by Gasteiger charge is -2.30. The molecule has 6 nitrogen and oxygen atoms in total. The maximum absolute atomic E-state index is 13.8. The Morgan fingerprint density at radius 1 is 0.600 bits per heavy atom. The first-order chi connectivity index (χ1) is 19.7. The highest BCUT2D eigenvalue weighted by Gasteiger charge is 2.26. The van der Waals surface area contributed by atoms with E-state index in [0.717, 1.165) is 81.4 Å². The number of morpholine rings is 2. The largest absolute Gasteiger partial charge is 0.378 e. The highest BCUT2D eigenvalue weighted by atomic mass is 16.5. The number of ether oxygens (including phenoxy) is 2. The first-order valence-electron chi connectivity index (χ1n) is 14.3. The van der Waals surface area contributed by atoms with Crippen LogP contribution in [0, 0.1) is 0 Å². The van der Waals surface area contributed by atoms with Gasteiger partial charge in [-0.25, -0.2) is 0 Å². The number of benzene rings is 3. The molecule has 206 valence electrons. The zero-order chi connectivity index (χ0) is 27.1. The van der Waals surface area contributed by atoms with Crippen LogP contribution in [-0.2, 0) is 20.8 Å². The highest BCUT2D eigenvalue weighted by molar-refractivity contribution is 6.14. The van der Waals surface area contributed by atoms with Crippen LogP contribution < -0.4 is 9.80 Å². The summed E-state index contributed by atoms with van der Waals surface area (Å²) in [6.45, 7) is 8.78. The fourth-order valence-corrected chi connectivity index (χ4v) is 5.67. The Morgan fingerprint density at radius 3 is 1.50 bits per heavy atom. The second-order valence-corrected chi connectivity index (χ2v) is 10.7. The minimum Gasteiger partial charge on any atom is -0.378 e. The number of carbonyl (C=O) groups is 1. The van der Waals surface area contributed by atoms with E-state index in [0.29, 0.717) is 13.1 Å². The fourth-order valence-electron chi connectivity index (χ4n) is 5.67. The van der Waals surface area contributed by atoms with Crippen molar-refractivity contribution in [1.29, 1.82) is 0 Å². The summed E-state index contributed by atoms with van der Waals surface area (Å²) < 4.78 is 11.0. The lowest BCUT2D eigenvalue weighted by Crippen LogP contribution is -2.37. The van der Waals surface area contributed by atoms with Crippen LogP contribution in [-0.4, -0.2) is 76.4 Å². The maximum atomic E-state index is 13.8. The average molecular weight is 536 g/mol. The molecule has 0 unspecified atom stereocenters. The van der Waals surface area contributed by atoms with Crippen LogP contribution in [0.4, 0.5) is 11.4 Å². The van der Waals surface area contributed by atoms with Crippen molar-refractivity contribution in [2.24, 2.45) is 0 Å². The Bertz CT molecular complexity index is 1250. The molecule has 0 radical (unpaired) electrons. The number of piperidine rings is 1. The van der Waals surface area contributed by atoms with Gasteiger partial charge in [0.15, 0.2) is 5.78 Å². The molecule has 6 rings (SSSR count). The van der Waals surface area contributed by atoms with Gasteiger partial charge in [0.25, 0.3) is 0 Å². The lowest BCUT2D eigenvalue weighted by atomic mass is 9.93. The SMILES string of the molecule is O=C1C(=Cc2ccc(N3CCOCC3)cc2)CN(Cc2ccccc2)CC1=Cc1ccc(N2CCOCC2)cc1. The summed E-state index contributed by atoms with van der Waals surface area (Å²) in [4.78, 5) is 20.8. The van der Waals surface area contributed by atoms with Gasteiger partial charge in [-0.05, 0) is 53.1 Å². The second-order valence-electron chi connectivity index (χ2n) is 10.7. The third kappa shape index (κ3) is 6.53. The molecule has 0 atom stereocenters. The standard InChI is InChI=1S/C34H37N3O3/c38-34-30(22-27-6-10-32(11-7-27)36-14-18-39-19-15-36)25-35(24-29-4-2-1-3-5-29)26-31(34)23-28-8-12-33(13-9-28)37-16-20-40-21-17-37/h1-13,22-23H,14-21,24-26H2. The van der Waals surface area contributed by atoms with Crippen molar-refractivity contribution in [3.8, 4) is 0 Å². The zero-order valence-corrected chi connectivity index (χ0v) is 23.0. The monoisotopic (exact) mass is 535 g/mol. The van der Waals surface area contributed by atoms with Crippen molar-refractivity contribution < 1.29 is 14.3 Å². The number of Topliss-reactive ketones (excluding diaryl/α,β-unsaturated/α-hetero) is 1. The zero-order valence-electron chi connectivity index (χ0n) is 23.0. The molecule has 0 N–H and O–H groups in total. The van der Waals surface area contributed by atoms with E-state index in [4.69, 9.17) is 9.47 Å². The van der Waals surface area contributed by atoms with Crippen molar-refractivity contribution in [2.45, 2.75) is 6.54 Å². The molecule has 40 heavy (non-hydrogen) atoms. The van der Waals surface area contributed by atoms with E-state index >= 15 is 0 Å². The lowest BCUT2D eigenvalue weighted by molar-refractivity contribution is -0.113. The predicted octanol–water partition coefficient (Wildman–Crippen LogP) is 4.91. The fraction of sp³-hybridized carbons (Fsp3) is 0.324. The molecule has 3 aromatic rings. The van der Waals surface area contributed by atoms with Crippen LogP contribution in [0.5, 0.6) is 0 Å². The number of ketones is 1. The number of likely N-dealkylation sites (tertiary alicyclic amines) is 1. The second kappa shape index (κ2) is 12.6. The molecule has 3 aliphatic heterocycles. The van der Waals surface area contributed by atoms with Gasteiger partial charge in [0.2, 0.25) is 0 Å². The minimum absolute atomic E-state index is 0.138. The maximum Gasteiger partial charge on any atom is 0.187 e. The molecule has 0 aliphatic carbocycles. The van der Waals surface area contributed by atoms with Gasteiger partial charge in [0.05, 0.1) is 26.4 Å². The predicted molar refractivity (Wildman–Crippen MR) is 162 cm³/mol. The van der Waals surface area contributed by atoms with Crippen molar-refractivity contribution in [1.82, 2.24) is 4.90 Å². The Balaban J connectivity index is 1.24. The molecule has 0 amide bonds. The summed E-state index contributed by atoms with van der Waals surface area (Å²) in [5.74, 6) is 0.138. The number of hydrogen-bond donors (Lipinski definition) is 0. The molecule has 3 heterocycles. The van der Waals surface area contributed by atoms with E-state index in [-0.39, 0.29) is 5.78 Å². The van der Waals surface area contributed by atoms with Crippen molar-refractivity contribution >= 4 is 29.3 Å². The van der Waals surface area contributed by atoms with Gasteiger partial charge in [0.1, 0.15) is 0 Å². The first kappa shape index (κ1) is 26.5. The summed E-state index contributed by atoms with van der Waals surface area (Å²) in [5.41, 5.74) is 7.42. The first-order valence-corrected chi connectivity index (χ1v) is 14.3. The third-order valence-electron chi connectivity index (χ3n) is 7.84. The van der Waals surface area contributed by atoms with Crippen LogP contribution >= 0.6 is 0 Å². The van der Waals surface area contributed by atoms with Crippen LogP contribution in [0.1, 0.15) is 16.7 Å². The van der Waals surface area contributed by atoms with Crippen molar-refractivity contribution in [2.75, 3.05) is 75.5 Å². The Hall–Kier alpha value is -3.71. The molecule has 0 bridgehead atoms. The summed E-state index contributed by atoms with van der Waals surface area (Å²) in [6, 6.07) is 27.6. The van der Waals surface area contributed by atoms with E-state index in [9.17, 15) is 4.79 Å². The summed E-state index contributed by atoms with van der Waals surface area (Å²) in [6.07, 6.45) is 4.13. The van der Waals surface area contributed by atoms with Gasteiger partial charge in [0, 0.05) is 68.3 Å². The number of nitrogens with zero attached hydrogens (tertiary/aromatic N) is 3. The molecule has 3 aromatic carbocycles. The van der Waals surface area contributed by atoms with Crippen LogP contribution in [0.15, 0.2) is 90.0 Å². The van der Waals surface area contributed by atoms with Gasteiger partial charge in [-0.1, -0.05) is 54.6 Å². The summed E-state index contributed by atoms with van der Waals surface area (Å²) in [5, 5.41) is 0. The van der Waals surface area contributed by atoms with E-state index in [1.54, 1.807) is 0 Å². The third-order valence-corrected chi connectivity index (χ3v) is 7.84. The van der Waals surface area contributed by atoms with Gasteiger partial charge in [-0.15, -0.1) is 0 Å². The van der Waals surface area contributed by atoms with Gasteiger partial charge < -0.3 is 19.3 Å². The number of anilines is 2. The number of hydrogen-bond acceptors (Lipinski definition) is 6. The molecule has 0 aromatic heterocycles. The molecular weight excluding hydrogens is 498 g/mol. The van der Waals surface area contributed by atoms with E-state index < -0.39 is 0 Å².